The van der Waals surface area contributed by atoms with Crippen LogP contribution in [0.5, 0.6) is 0 Å². The van der Waals surface area contributed by atoms with E-state index in [-0.39, 0.29) is 5.95 Å². The molecule has 2 aromatic carbocycles. The third kappa shape index (κ3) is 7.02. The van der Waals surface area contributed by atoms with Gasteiger partial charge >= 0.3 is 0 Å². The van der Waals surface area contributed by atoms with E-state index in [2.05, 4.69) is 55.2 Å². The van der Waals surface area contributed by atoms with Gasteiger partial charge in [0.15, 0.2) is 0 Å². The minimum absolute atomic E-state index is 0.331. The molecule has 0 atom stereocenters. The Labute approximate surface area is 187 Å². The summed E-state index contributed by atoms with van der Waals surface area (Å²) in [4.78, 5) is 4.22. The highest BCUT2D eigenvalue weighted by Crippen LogP contribution is 2.25. The molecule has 1 nitrogen and oxygen atoms in total. The van der Waals surface area contributed by atoms with Crippen LogP contribution in [0, 0.1) is 5.95 Å². The lowest BCUT2D eigenvalue weighted by Crippen LogP contribution is -1.96. The third-order valence-corrected chi connectivity index (χ3v) is 6.01. The van der Waals surface area contributed by atoms with Crippen molar-refractivity contribution in [2.75, 3.05) is 0 Å². The SMILES string of the molecule is CCCCCCCc1ccc(-c2ccc(-c3ccc(CCCCC)c(F)n3)cc2)cc1. The van der Waals surface area contributed by atoms with Crippen molar-refractivity contribution in [1.82, 2.24) is 4.98 Å². The van der Waals surface area contributed by atoms with Crippen LogP contribution >= 0.6 is 0 Å². The molecule has 0 aliphatic rings. The normalized spacial score (nSPS) is 11.1. The summed E-state index contributed by atoms with van der Waals surface area (Å²) in [5.74, 6) is -0.331. The van der Waals surface area contributed by atoms with Gasteiger partial charge in [0.25, 0.3) is 0 Å². The van der Waals surface area contributed by atoms with Crippen molar-refractivity contribution in [1.29, 1.82) is 0 Å². The average molecular weight is 418 g/mol. The van der Waals surface area contributed by atoms with Crippen LogP contribution in [-0.2, 0) is 12.8 Å². The highest BCUT2D eigenvalue weighted by Gasteiger charge is 2.08. The average Bonchev–Trinajstić information content (AvgIpc) is 2.81. The number of aromatic nitrogens is 1. The minimum atomic E-state index is -0.331. The minimum Gasteiger partial charge on any atom is -0.219 e. The molecule has 0 spiro atoms. The molecule has 0 unspecified atom stereocenters. The topological polar surface area (TPSA) is 12.9 Å². The number of unbranched alkanes of at least 4 members (excludes halogenated alkanes) is 6. The van der Waals surface area contributed by atoms with Crippen LogP contribution in [0.3, 0.4) is 0 Å². The Morgan fingerprint density at radius 2 is 1.13 bits per heavy atom. The monoisotopic (exact) mass is 417 g/mol. The van der Waals surface area contributed by atoms with E-state index in [1.54, 1.807) is 0 Å². The highest BCUT2D eigenvalue weighted by atomic mass is 19.1. The quantitative estimate of drug-likeness (QED) is 0.212. The van der Waals surface area contributed by atoms with Crippen molar-refractivity contribution in [3.8, 4) is 22.4 Å². The van der Waals surface area contributed by atoms with Gasteiger partial charge in [-0.3, -0.25) is 0 Å². The van der Waals surface area contributed by atoms with Crippen molar-refractivity contribution < 1.29 is 4.39 Å². The van der Waals surface area contributed by atoms with Crippen molar-refractivity contribution in [3.05, 3.63) is 77.7 Å². The fourth-order valence-electron chi connectivity index (χ4n) is 4.01. The number of hydrogen-bond acceptors (Lipinski definition) is 1. The van der Waals surface area contributed by atoms with Gasteiger partial charge in [-0.1, -0.05) is 107 Å². The molecule has 3 rings (SSSR count). The van der Waals surface area contributed by atoms with Gasteiger partial charge in [-0.05, 0) is 48.4 Å². The summed E-state index contributed by atoms with van der Waals surface area (Å²) >= 11 is 0. The maximum Gasteiger partial charge on any atom is 0.216 e. The van der Waals surface area contributed by atoms with Gasteiger partial charge in [0, 0.05) is 11.1 Å². The largest absolute Gasteiger partial charge is 0.219 e. The van der Waals surface area contributed by atoms with E-state index in [1.807, 2.05) is 24.3 Å². The second-order valence-corrected chi connectivity index (χ2v) is 8.54. The van der Waals surface area contributed by atoms with E-state index in [0.29, 0.717) is 5.69 Å². The van der Waals surface area contributed by atoms with Gasteiger partial charge in [0.05, 0.1) is 5.69 Å². The summed E-state index contributed by atoms with van der Waals surface area (Å²) in [5.41, 5.74) is 6.17. The van der Waals surface area contributed by atoms with E-state index in [9.17, 15) is 4.39 Å². The van der Waals surface area contributed by atoms with Crippen LogP contribution in [-0.4, -0.2) is 4.98 Å². The van der Waals surface area contributed by atoms with Crippen molar-refractivity contribution in [3.63, 3.8) is 0 Å². The first-order chi connectivity index (χ1) is 15.2. The van der Waals surface area contributed by atoms with Gasteiger partial charge in [0.2, 0.25) is 5.95 Å². The lowest BCUT2D eigenvalue weighted by molar-refractivity contribution is 0.560. The zero-order valence-electron chi connectivity index (χ0n) is 19.2. The summed E-state index contributed by atoms with van der Waals surface area (Å²) in [5, 5.41) is 0. The van der Waals surface area contributed by atoms with Crippen molar-refractivity contribution >= 4 is 0 Å². The Bertz CT molecular complexity index is 912. The van der Waals surface area contributed by atoms with Crippen molar-refractivity contribution in [2.45, 2.75) is 78.1 Å². The summed E-state index contributed by atoms with van der Waals surface area (Å²) in [7, 11) is 0. The fraction of sp³-hybridized carbons (Fsp3) is 0.414. The molecule has 2 heteroatoms. The smallest absolute Gasteiger partial charge is 0.216 e. The predicted octanol–water partition coefficient (Wildman–Crippen LogP) is 8.80. The van der Waals surface area contributed by atoms with Gasteiger partial charge < -0.3 is 0 Å². The van der Waals surface area contributed by atoms with Gasteiger partial charge in [-0.2, -0.15) is 4.39 Å². The molecule has 0 radical (unpaired) electrons. The maximum absolute atomic E-state index is 14.4. The standard InChI is InChI=1S/C29H36FN/c1-3-5-7-8-10-11-23-13-15-24(16-14-23)25-17-19-26(20-18-25)28-22-21-27(29(30)31-28)12-9-6-4-2/h13-22H,3-12H2,1-2H3. The van der Waals surface area contributed by atoms with Crippen LogP contribution in [0.2, 0.25) is 0 Å². The Balaban J connectivity index is 1.60. The van der Waals surface area contributed by atoms with Gasteiger partial charge in [0.1, 0.15) is 0 Å². The van der Waals surface area contributed by atoms with E-state index < -0.39 is 0 Å². The first kappa shape index (κ1) is 23.2. The zero-order chi connectivity index (χ0) is 21.9. The first-order valence-corrected chi connectivity index (χ1v) is 12.1. The predicted molar refractivity (Wildman–Crippen MR) is 131 cm³/mol. The number of rotatable bonds is 12. The molecule has 164 valence electrons. The van der Waals surface area contributed by atoms with Crippen molar-refractivity contribution in [2.24, 2.45) is 0 Å². The molecule has 1 aromatic heterocycles. The molecule has 1 heterocycles. The van der Waals surface area contributed by atoms with E-state index in [1.165, 1.54) is 48.8 Å². The Morgan fingerprint density at radius 1 is 0.581 bits per heavy atom. The number of pyridine rings is 1. The molecular formula is C29H36FN. The summed E-state index contributed by atoms with van der Waals surface area (Å²) < 4.78 is 14.4. The lowest BCUT2D eigenvalue weighted by atomic mass is 9.99. The molecule has 0 saturated carbocycles. The molecule has 0 fully saturated rings. The molecule has 0 amide bonds. The Morgan fingerprint density at radius 3 is 1.77 bits per heavy atom. The highest BCUT2D eigenvalue weighted by molar-refractivity contribution is 5.69. The second kappa shape index (κ2) is 12.4. The van der Waals surface area contributed by atoms with Crippen LogP contribution in [0.1, 0.15) is 76.3 Å². The fourth-order valence-corrected chi connectivity index (χ4v) is 4.01. The van der Waals surface area contributed by atoms with Gasteiger partial charge in [-0.25, -0.2) is 4.98 Å². The number of nitrogens with zero attached hydrogens (tertiary/aromatic N) is 1. The molecule has 3 aromatic rings. The summed E-state index contributed by atoms with van der Waals surface area (Å²) in [6.07, 6.45) is 11.8. The van der Waals surface area contributed by atoms with Crippen LogP contribution in [0.4, 0.5) is 4.39 Å². The molecule has 0 aliphatic heterocycles. The zero-order valence-corrected chi connectivity index (χ0v) is 19.2. The summed E-state index contributed by atoms with van der Waals surface area (Å²) in [6, 6.07) is 21.0. The second-order valence-electron chi connectivity index (χ2n) is 8.54. The molecule has 0 aliphatic carbocycles. The summed E-state index contributed by atoms with van der Waals surface area (Å²) in [6.45, 7) is 4.41. The van der Waals surface area contributed by atoms with E-state index in [4.69, 9.17) is 0 Å². The van der Waals surface area contributed by atoms with Crippen LogP contribution < -0.4 is 0 Å². The third-order valence-electron chi connectivity index (χ3n) is 6.01. The number of aryl methyl sites for hydroxylation is 2. The number of halogens is 1. The maximum atomic E-state index is 14.4. The van der Waals surface area contributed by atoms with Gasteiger partial charge in [-0.15, -0.1) is 0 Å². The van der Waals surface area contributed by atoms with E-state index in [0.717, 1.165) is 43.2 Å². The number of hydrogen-bond donors (Lipinski definition) is 0. The lowest BCUT2D eigenvalue weighted by Gasteiger charge is -2.08. The molecule has 0 saturated heterocycles. The molecule has 0 bridgehead atoms. The number of benzene rings is 2. The molecule has 0 N–H and O–H groups in total. The Kier molecular flexibility index (Phi) is 9.27. The first-order valence-electron chi connectivity index (χ1n) is 12.1. The molecule has 31 heavy (non-hydrogen) atoms. The Hall–Kier alpha value is -2.48. The van der Waals surface area contributed by atoms with Crippen LogP contribution in [0.15, 0.2) is 60.7 Å². The van der Waals surface area contributed by atoms with Crippen LogP contribution in [0.25, 0.3) is 22.4 Å². The molecular weight excluding hydrogens is 381 g/mol. The van der Waals surface area contributed by atoms with E-state index >= 15 is 0 Å².